The van der Waals surface area contributed by atoms with Crippen LogP contribution in [0.15, 0.2) is 23.2 Å². The Balaban J connectivity index is 0.00000625. The number of rotatable bonds is 9. The highest BCUT2D eigenvalue weighted by Gasteiger charge is 2.16. The molecule has 0 saturated carbocycles. The fourth-order valence-corrected chi connectivity index (χ4v) is 2.42. The number of halogens is 3. The van der Waals surface area contributed by atoms with Crippen LogP contribution in [-0.4, -0.2) is 53.2 Å². The maximum absolute atomic E-state index is 12.7. The number of ether oxygens (including phenoxy) is 2. The maximum atomic E-state index is 12.7. The Morgan fingerprint density at radius 3 is 2.54 bits per heavy atom. The zero-order chi connectivity index (χ0) is 18.9. The van der Waals surface area contributed by atoms with E-state index in [4.69, 9.17) is 4.74 Å². The number of benzene rings is 1. The summed E-state index contributed by atoms with van der Waals surface area (Å²) < 4.78 is 57.5. The number of aliphatic imine (C=N–C) groups is 1. The minimum atomic E-state index is -3.09. The predicted molar refractivity (Wildman–Crippen MR) is 108 cm³/mol. The lowest BCUT2D eigenvalue weighted by Gasteiger charge is -2.17. The molecule has 0 bridgehead atoms. The molecule has 0 aromatic heterocycles. The van der Waals surface area contributed by atoms with Gasteiger partial charge in [-0.15, -0.1) is 24.0 Å². The van der Waals surface area contributed by atoms with Crippen LogP contribution in [0.25, 0.3) is 0 Å². The lowest BCUT2D eigenvalue weighted by Crippen LogP contribution is -2.39. The second-order valence-electron chi connectivity index (χ2n) is 5.04. The van der Waals surface area contributed by atoms with E-state index in [0.29, 0.717) is 18.1 Å². The molecular weight excluding hydrogens is 483 g/mol. The van der Waals surface area contributed by atoms with Crippen molar-refractivity contribution in [1.82, 2.24) is 10.6 Å². The summed E-state index contributed by atoms with van der Waals surface area (Å²) in [5.74, 6) is 0.474. The summed E-state index contributed by atoms with van der Waals surface area (Å²) in [4.78, 5) is 3.95. The van der Waals surface area contributed by atoms with Crippen molar-refractivity contribution in [3.8, 4) is 11.5 Å². The van der Waals surface area contributed by atoms with Crippen LogP contribution in [0.5, 0.6) is 11.5 Å². The fourth-order valence-electron chi connectivity index (χ4n) is 1.95. The van der Waals surface area contributed by atoms with Crippen molar-refractivity contribution in [3.63, 3.8) is 0 Å². The first-order valence-corrected chi connectivity index (χ1v) is 9.64. The van der Waals surface area contributed by atoms with Crippen LogP contribution in [0.4, 0.5) is 8.78 Å². The summed E-state index contributed by atoms with van der Waals surface area (Å²) in [6.45, 7) is -0.609. The Morgan fingerprint density at radius 2 is 2.00 bits per heavy atom. The Bertz CT molecular complexity index is 687. The normalized spacial score (nSPS) is 11.7. The summed E-state index contributed by atoms with van der Waals surface area (Å²) in [5.41, 5.74) is 0.456. The van der Waals surface area contributed by atoms with E-state index in [0.717, 1.165) is 6.26 Å². The maximum Gasteiger partial charge on any atom is 0.387 e. The standard InChI is InChI=1S/C15H23F2N3O4S.HI/c1-4-23-12-7-5-6-11(13(12)24-14(16)17)10-20-15(18-2)19-8-9-25(3,21)22;/h5-7,14H,4,8-10H2,1-3H3,(H2,18,19,20);1H. The monoisotopic (exact) mass is 507 g/mol. The Hall–Kier alpha value is -1.37. The number of para-hydroxylation sites is 1. The van der Waals surface area contributed by atoms with Gasteiger partial charge in [0, 0.05) is 32.0 Å². The van der Waals surface area contributed by atoms with E-state index < -0.39 is 16.4 Å². The third kappa shape index (κ3) is 9.36. The summed E-state index contributed by atoms with van der Waals surface area (Å²) in [6.07, 6.45) is 1.14. The van der Waals surface area contributed by atoms with Gasteiger partial charge in [-0.1, -0.05) is 12.1 Å². The zero-order valence-corrected chi connectivity index (χ0v) is 17.9. The fraction of sp³-hybridized carbons (Fsp3) is 0.533. The van der Waals surface area contributed by atoms with Gasteiger partial charge < -0.3 is 20.1 Å². The Morgan fingerprint density at radius 1 is 1.31 bits per heavy atom. The van der Waals surface area contributed by atoms with Crippen molar-refractivity contribution in [2.75, 3.05) is 32.2 Å². The van der Waals surface area contributed by atoms with E-state index >= 15 is 0 Å². The molecule has 0 atom stereocenters. The summed E-state index contributed by atoms with van der Waals surface area (Å²) in [6, 6.07) is 4.83. The first-order chi connectivity index (χ1) is 11.8. The molecule has 1 aromatic carbocycles. The molecule has 0 aliphatic carbocycles. The quantitative estimate of drug-likeness (QED) is 0.302. The first-order valence-electron chi connectivity index (χ1n) is 7.58. The lowest BCUT2D eigenvalue weighted by atomic mass is 10.2. The summed E-state index contributed by atoms with van der Waals surface area (Å²) >= 11 is 0. The molecule has 0 heterocycles. The van der Waals surface area contributed by atoms with Gasteiger partial charge in [-0.25, -0.2) is 8.42 Å². The van der Waals surface area contributed by atoms with Crippen molar-refractivity contribution < 1.29 is 26.7 Å². The average molecular weight is 507 g/mol. The molecule has 7 nitrogen and oxygen atoms in total. The molecule has 150 valence electrons. The van der Waals surface area contributed by atoms with Gasteiger partial charge in [0.1, 0.15) is 9.84 Å². The first kappa shape index (κ1) is 24.6. The molecule has 26 heavy (non-hydrogen) atoms. The van der Waals surface area contributed by atoms with E-state index in [1.54, 1.807) is 25.1 Å². The van der Waals surface area contributed by atoms with E-state index in [-0.39, 0.29) is 54.3 Å². The molecule has 0 amide bonds. The number of sulfone groups is 1. The highest BCUT2D eigenvalue weighted by atomic mass is 127. The van der Waals surface area contributed by atoms with Crippen molar-refractivity contribution in [2.24, 2.45) is 4.99 Å². The smallest absolute Gasteiger partial charge is 0.387 e. The van der Waals surface area contributed by atoms with Crippen LogP contribution >= 0.6 is 24.0 Å². The van der Waals surface area contributed by atoms with Gasteiger partial charge in [-0.2, -0.15) is 8.78 Å². The third-order valence-corrected chi connectivity index (χ3v) is 3.95. The number of alkyl halides is 2. The Labute approximate surface area is 169 Å². The minimum absolute atomic E-state index is 0. The number of nitrogens with zero attached hydrogens (tertiary/aromatic N) is 1. The number of hydrogen-bond acceptors (Lipinski definition) is 5. The molecule has 1 rings (SSSR count). The topological polar surface area (TPSA) is 89.0 Å². The van der Waals surface area contributed by atoms with Crippen LogP contribution in [0.2, 0.25) is 0 Å². The molecule has 11 heteroatoms. The highest BCUT2D eigenvalue weighted by molar-refractivity contribution is 14.0. The van der Waals surface area contributed by atoms with Crippen molar-refractivity contribution in [3.05, 3.63) is 23.8 Å². The van der Waals surface area contributed by atoms with E-state index in [1.165, 1.54) is 7.05 Å². The molecular formula is C15H24F2IN3O4S. The molecule has 0 saturated heterocycles. The van der Waals surface area contributed by atoms with Crippen molar-refractivity contribution in [1.29, 1.82) is 0 Å². The van der Waals surface area contributed by atoms with Gasteiger partial charge in [0.25, 0.3) is 0 Å². The lowest BCUT2D eigenvalue weighted by molar-refractivity contribution is -0.0520. The van der Waals surface area contributed by atoms with Crippen LogP contribution in [0.1, 0.15) is 12.5 Å². The third-order valence-electron chi connectivity index (χ3n) is 3.00. The van der Waals surface area contributed by atoms with Gasteiger partial charge in [0.05, 0.1) is 12.4 Å². The predicted octanol–water partition coefficient (Wildman–Crippen LogP) is 2.01. The van der Waals surface area contributed by atoms with Gasteiger partial charge in [0.15, 0.2) is 17.5 Å². The summed E-state index contributed by atoms with van der Waals surface area (Å²) in [5, 5.41) is 5.75. The number of nitrogens with one attached hydrogen (secondary N) is 2. The van der Waals surface area contributed by atoms with E-state index in [1.807, 2.05) is 0 Å². The number of hydrogen-bond donors (Lipinski definition) is 2. The van der Waals surface area contributed by atoms with Crippen molar-refractivity contribution >= 4 is 39.8 Å². The van der Waals surface area contributed by atoms with Gasteiger partial charge in [-0.05, 0) is 13.0 Å². The molecule has 0 aliphatic rings. The van der Waals surface area contributed by atoms with Crippen LogP contribution in [0.3, 0.4) is 0 Å². The van der Waals surface area contributed by atoms with E-state index in [2.05, 4.69) is 20.4 Å². The van der Waals surface area contributed by atoms with Gasteiger partial charge >= 0.3 is 6.61 Å². The molecule has 1 aromatic rings. The van der Waals surface area contributed by atoms with Crippen molar-refractivity contribution in [2.45, 2.75) is 20.1 Å². The Kier molecular flexibility index (Phi) is 11.5. The molecule has 0 fully saturated rings. The van der Waals surface area contributed by atoms with Gasteiger partial charge in [-0.3, -0.25) is 4.99 Å². The SMILES string of the molecule is CCOc1cccc(CNC(=NC)NCCS(C)(=O)=O)c1OC(F)F.I. The van der Waals surface area contributed by atoms with Crippen LogP contribution < -0.4 is 20.1 Å². The molecule has 0 spiro atoms. The minimum Gasteiger partial charge on any atom is -0.490 e. The van der Waals surface area contributed by atoms with Gasteiger partial charge in [0.2, 0.25) is 0 Å². The molecule has 0 radical (unpaired) electrons. The second kappa shape index (κ2) is 12.1. The molecule has 2 N–H and O–H groups in total. The average Bonchev–Trinajstić information content (AvgIpc) is 2.51. The van der Waals surface area contributed by atoms with Crippen LogP contribution in [-0.2, 0) is 16.4 Å². The number of guanidine groups is 1. The molecule has 0 unspecified atom stereocenters. The highest BCUT2D eigenvalue weighted by Crippen LogP contribution is 2.32. The second-order valence-corrected chi connectivity index (χ2v) is 7.30. The summed E-state index contributed by atoms with van der Waals surface area (Å²) in [7, 11) is -1.58. The van der Waals surface area contributed by atoms with E-state index in [9.17, 15) is 17.2 Å². The largest absolute Gasteiger partial charge is 0.490 e. The van der Waals surface area contributed by atoms with Crippen LogP contribution in [0, 0.1) is 0 Å². The molecule has 0 aliphatic heterocycles. The zero-order valence-electron chi connectivity index (χ0n) is 14.8.